The summed E-state index contributed by atoms with van der Waals surface area (Å²) in [5, 5.41) is 43.8. The van der Waals surface area contributed by atoms with E-state index in [1.807, 2.05) is 30.3 Å². The first-order valence-electron chi connectivity index (χ1n) is 9.45. The molecular weight excluding hydrogens is 384 g/mol. The zero-order valence-corrected chi connectivity index (χ0v) is 16.0. The minimum atomic E-state index is -2.03. The number of unbranched alkanes of at least 4 members (excludes halogenated alkanes) is 1. The van der Waals surface area contributed by atoms with Crippen molar-refractivity contribution in [3.63, 3.8) is 0 Å². The van der Waals surface area contributed by atoms with Gasteiger partial charge in [0.05, 0.1) is 13.2 Å². The Balaban J connectivity index is 1.61. The van der Waals surface area contributed by atoms with Crippen LogP contribution in [-0.4, -0.2) is 76.2 Å². The first kappa shape index (κ1) is 23.0. The van der Waals surface area contributed by atoms with Gasteiger partial charge in [-0.1, -0.05) is 30.3 Å². The maximum Gasteiger partial charge on any atom is 0.407 e. The zero-order valence-electron chi connectivity index (χ0n) is 16.0. The number of ether oxygens (including phenoxy) is 2. The first-order valence-corrected chi connectivity index (χ1v) is 9.45. The fourth-order valence-electron chi connectivity index (χ4n) is 2.88. The number of aliphatic hydroxyl groups excluding tert-OH is 2. The maximum absolute atomic E-state index is 11.6. The third-order valence-electron chi connectivity index (χ3n) is 4.63. The van der Waals surface area contributed by atoms with Gasteiger partial charge >= 0.3 is 12.1 Å². The molecule has 10 heteroatoms. The van der Waals surface area contributed by atoms with E-state index in [0.29, 0.717) is 19.4 Å². The Kier molecular flexibility index (Phi) is 8.80. The minimum absolute atomic E-state index is 0.170. The van der Waals surface area contributed by atoms with Gasteiger partial charge < -0.3 is 35.2 Å². The Morgan fingerprint density at radius 2 is 1.97 bits per heavy atom. The second-order valence-electron chi connectivity index (χ2n) is 6.92. The molecule has 1 aromatic carbocycles. The number of carbonyl (C=O) groups excluding carboxylic acids is 1. The van der Waals surface area contributed by atoms with Gasteiger partial charge in [-0.05, 0) is 24.8 Å². The number of amides is 1. The molecule has 1 amide bonds. The fourth-order valence-corrected chi connectivity index (χ4v) is 2.88. The van der Waals surface area contributed by atoms with Gasteiger partial charge in [-0.2, -0.15) is 0 Å². The number of aliphatic carboxylic acids is 1. The topological polar surface area (TPSA) is 158 Å². The predicted molar refractivity (Wildman–Crippen MR) is 101 cm³/mol. The van der Waals surface area contributed by atoms with Crippen LogP contribution in [-0.2, 0) is 20.9 Å². The van der Waals surface area contributed by atoms with Crippen molar-refractivity contribution in [2.24, 2.45) is 0 Å². The average Bonchev–Trinajstić information content (AvgIpc) is 2.96. The Morgan fingerprint density at radius 1 is 1.24 bits per heavy atom. The number of hydrogen-bond acceptors (Lipinski definition) is 8. The van der Waals surface area contributed by atoms with Crippen LogP contribution in [0.3, 0.4) is 0 Å². The monoisotopic (exact) mass is 412 g/mol. The number of carboxylic acid groups (broad SMARTS) is 1. The molecule has 29 heavy (non-hydrogen) atoms. The molecule has 0 aliphatic carbocycles. The highest BCUT2D eigenvalue weighted by atomic mass is 16.7. The zero-order chi connectivity index (χ0) is 21.3. The number of alkyl carbamates (subject to hydrolysis) is 1. The summed E-state index contributed by atoms with van der Waals surface area (Å²) in [5.74, 6) is -3.14. The Hall–Kier alpha value is -2.24. The summed E-state index contributed by atoms with van der Waals surface area (Å²) in [6.07, 6.45) is -2.02. The molecule has 0 bridgehead atoms. The molecular formula is C19H28N2O8. The molecule has 0 radical (unpaired) electrons. The standard InChI is InChI=1S/C19H28N2O8/c22-15-11-29-19(27,16(15)23)12-21-14(17(24)25)8-4-5-9-20-18(26)28-10-13-6-2-1-3-7-13/h1-3,6-7,14-16,21-23,27H,4-5,8-12H2,(H,20,26)(H,24,25)/t14-,15?,16?,19?/m0/s1. The van der Waals surface area contributed by atoms with Crippen molar-refractivity contribution in [2.45, 2.75) is 49.9 Å². The molecule has 1 heterocycles. The minimum Gasteiger partial charge on any atom is -0.480 e. The van der Waals surface area contributed by atoms with Crippen LogP contribution in [0, 0.1) is 0 Å². The molecule has 1 fully saturated rings. The van der Waals surface area contributed by atoms with Crippen molar-refractivity contribution < 1.29 is 39.5 Å². The van der Waals surface area contributed by atoms with Crippen molar-refractivity contribution in [1.82, 2.24) is 10.6 Å². The van der Waals surface area contributed by atoms with Gasteiger partial charge in [-0.15, -0.1) is 0 Å². The summed E-state index contributed by atoms with van der Waals surface area (Å²) in [5.41, 5.74) is 0.878. The van der Waals surface area contributed by atoms with Gasteiger partial charge in [0.1, 0.15) is 24.9 Å². The van der Waals surface area contributed by atoms with Crippen LogP contribution >= 0.6 is 0 Å². The Labute approximate surface area is 168 Å². The van der Waals surface area contributed by atoms with E-state index in [1.54, 1.807) is 0 Å². The molecule has 162 valence electrons. The van der Waals surface area contributed by atoms with Crippen LogP contribution in [0.15, 0.2) is 30.3 Å². The average molecular weight is 412 g/mol. The van der Waals surface area contributed by atoms with Crippen molar-refractivity contribution in [2.75, 3.05) is 19.7 Å². The smallest absolute Gasteiger partial charge is 0.407 e. The highest BCUT2D eigenvalue weighted by Gasteiger charge is 2.47. The van der Waals surface area contributed by atoms with Crippen LogP contribution in [0.1, 0.15) is 24.8 Å². The van der Waals surface area contributed by atoms with Gasteiger partial charge in [0.2, 0.25) is 5.79 Å². The van der Waals surface area contributed by atoms with Crippen molar-refractivity contribution in [3.05, 3.63) is 35.9 Å². The molecule has 3 unspecified atom stereocenters. The van der Waals surface area contributed by atoms with Crippen LogP contribution in [0.5, 0.6) is 0 Å². The third kappa shape index (κ3) is 7.26. The number of carbonyl (C=O) groups is 2. The second kappa shape index (κ2) is 11.1. The van der Waals surface area contributed by atoms with Crippen molar-refractivity contribution in [1.29, 1.82) is 0 Å². The lowest BCUT2D eigenvalue weighted by atomic mass is 10.1. The predicted octanol–water partition coefficient (Wildman–Crippen LogP) is -0.433. The number of aliphatic hydroxyl groups is 3. The Bertz CT molecular complexity index is 659. The fraction of sp³-hybridized carbons (Fsp3) is 0.579. The van der Waals surface area contributed by atoms with Crippen LogP contribution in [0.4, 0.5) is 4.79 Å². The van der Waals surface area contributed by atoms with Crippen molar-refractivity contribution >= 4 is 12.1 Å². The van der Waals surface area contributed by atoms with E-state index in [4.69, 9.17) is 9.47 Å². The largest absolute Gasteiger partial charge is 0.480 e. The summed E-state index contributed by atoms with van der Waals surface area (Å²) in [6, 6.07) is 8.29. The van der Waals surface area contributed by atoms with Gasteiger partial charge in [0, 0.05) is 6.54 Å². The molecule has 6 N–H and O–H groups in total. The lowest BCUT2D eigenvalue weighted by molar-refractivity contribution is -0.212. The highest BCUT2D eigenvalue weighted by molar-refractivity contribution is 5.73. The molecule has 0 saturated carbocycles. The van der Waals surface area contributed by atoms with Crippen LogP contribution in [0.2, 0.25) is 0 Å². The lowest BCUT2D eigenvalue weighted by Crippen LogP contribution is -2.53. The molecule has 1 aliphatic heterocycles. The van der Waals surface area contributed by atoms with Gasteiger partial charge in [0.15, 0.2) is 0 Å². The maximum atomic E-state index is 11.6. The molecule has 2 rings (SSSR count). The van der Waals surface area contributed by atoms with Gasteiger partial charge in [-0.3, -0.25) is 10.1 Å². The molecule has 1 aliphatic rings. The normalized spacial score (nSPS) is 24.8. The molecule has 0 spiro atoms. The summed E-state index contributed by atoms with van der Waals surface area (Å²) in [7, 11) is 0. The summed E-state index contributed by atoms with van der Waals surface area (Å²) >= 11 is 0. The SMILES string of the molecule is O=C(NCCCC[C@H](NCC1(O)OCC(O)C1O)C(=O)O)OCc1ccccc1. The molecule has 10 nitrogen and oxygen atoms in total. The molecule has 4 atom stereocenters. The number of hydrogen-bond donors (Lipinski definition) is 6. The first-order chi connectivity index (χ1) is 13.8. The van der Waals surface area contributed by atoms with Gasteiger partial charge in [-0.25, -0.2) is 4.79 Å². The summed E-state index contributed by atoms with van der Waals surface area (Å²) in [4.78, 5) is 23.0. The van der Waals surface area contributed by atoms with E-state index in [9.17, 15) is 30.0 Å². The van der Waals surface area contributed by atoms with E-state index >= 15 is 0 Å². The van der Waals surface area contributed by atoms with Gasteiger partial charge in [0.25, 0.3) is 0 Å². The van der Waals surface area contributed by atoms with Crippen LogP contribution in [0.25, 0.3) is 0 Å². The summed E-state index contributed by atoms with van der Waals surface area (Å²) in [6.45, 7) is -0.0729. The van der Waals surface area contributed by atoms with Crippen molar-refractivity contribution in [3.8, 4) is 0 Å². The third-order valence-corrected chi connectivity index (χ3v) is 4.63. The highest BCUT2D eigenvalue weighted by Crippen LogP contribution is 2.23. The lowest BCUT2D eigenvalue weighted by Gasteiger charge is -2.27. The van der Waals surface area contributed by atoms with Crippen LogP contribution < -0.4 is 10.6 Å². The molecule has 0 aromatic heterocycles. The van der Waals surface area contributed by atoms with E-state index in [-0.39, 0.29) is 26.2 Å². The Morgan fingerprint density at radius 3 is 2.59 bits per heavy atom. The van der Waals surface area contributed by atoms with E-state index < -0.39 is 36.1 Å². The molecule has 1 aromatic rings. The number of nitrogens with one attached hydrogen (secondary N) is 2. The van der Waals surface area contributed by atoms with E-state index in [0.717, 1.165) is 5.56 Å². The number of carboxylic acids is 1. The summed E-state index contributed by atoms with van der Waals surface area (Å²) < 4.78 is 10.0. The van der Waals surface area contributed by atoms with E-state index in [1.165, 1.54) is 0 Å². The number of benzene rings is 1. The quantitative estimate of drug-likeness (QED) is 0.265. The second-order valence-corrected chi connectivity index (χ2v) is 6.92. The van der Waals surface area contributed by atoms with E-state index in [2.05, 4.69) is 10.6 Å². The number of rotatable bonds is 11. The molecule has 1 saturated heterocycles.